The highest BCUT2D eigenvalue weighted by Gasteiger charge is 2.33. The van der Waals surface area contributed by atoms with Crippen molar-refractivity contribution < 1.29 is 40.9 Å². The average molecular weight is 722 g/mol. The highest BCUT2D eigenvalue weighted by atomic mass is 32.2. The number of amides is 1. The van der Waals surface area contributed by atoms with Crippen molar-refractivity contribution in [2.75, 3.05) is 45.2 Å². The van der Waals surface area contributed by atoms with E-state index in [0.29, 0.717) is 25.2 Å². The van der Waals surface area contributed by atoms with E-state index < -0.39 is 38.1 Å². The predicted octanol–water partition coefficient (Wildman–Crippen LogP) is 3.35. The number of nitrogens with one attached hydrogen (secondary N) is 1. The molecule has 0 radical (unpaired) electrons. The second-order valence-corrected chi connectivity index (χ2v) is 16.1. The molecule has 0 saturated carbocycles. The van der Waals surface area contributed by atoms with E-state index in [2.05, 4.69) is 9.71 Å². The van der Waals surface area contributed by atoms with Crippen LogP contribution in [0.25, 0.3) is 0 Å². The van der Waals surface area contributed by atoms with Gasteiger partial charge < -0.3 is 28.8 Å². The zero-order valence-electron chi connectivity index (χ0n) is 28.8. The predicted molar refractivity (Wildman–Crippen MR) is 184 cm³/mol. The first-order valence-electron chi connectivity index (χ1n) is 16.1. The van der Waals surface area contributed by atoms with E-state index in [1.165, 1.54) is 72.3 Å². The number of imidazole rings is 1. The van der Waals surface area contributed by atoms with Crippen molar-refractivity contribution in [3.05, 3.63) is 60.6 Å². The molecule has 14 nitrogen and oxygen atoms in total. The normalized spacial score (nSPS) is 20.6. The van der Waals surface area contributed by atoms with E-state index >= 15 is 0 Å². The number of nitrogens with zero attached hydrogens (tertiary/aromatic N) is 4. The molecule has 0 bridgehead atoms. The van der Waals surface area contributed by atoms with Gasteiger partial charge in [-0.2, -0.15) is 4.31 Å². The van der Waals surface area contributed by atoms with Crippen LogP contribution in [-0.4, -0.2) is 105 Å². The molecule has 2 heterocycles. The van der Waals surface area contributed by atoms with Gasteiger partial charge >= 0.3 is 0 Å². The van der Waals surface area contributed by atoms with Crippen LogP contribution in [0.4, 0.5) is 5.69 Å². The number of carbonyl (C=O) groups is 1. The van der Waals surface area contributed by atoms with Crippen LogP contribution in [0, 0.1) is 5.92 Å². The Morgan fingerprint density at radius 1 is 1.12 bits per heavy atom. The quantitative estimate of drug-likeness (QED) is 0.317. The van der Waals surface area contributed by atoms with E-state index in [4.69, 9.17) is 14.2 Å². The molecule has 0 spiro atoms. The van der Waals surface area contributed by atoms with E-state index in [1.807, 2.05) is 13.8 Å². The maximum atomic E-state index is 14.4. The number of aliphatic hydroxyl groups is 1. The Morgan fingerprint density at radius 3 is 2.47 bits per heavy atom. The molecule has 2 aromatic carbocycles. The molecule has 0 aliphatic carbocycles. The Hall–Kier alpha value is -3.70. The van der Waals surface area contributed by atoms with Crippen molar-refractivity contribution in [3.63, 3.8) is 0 Å². The molecule has 0 fully saturated rings. The summed E-state index contributed by atoms with van der Waals surface area (Å²) in [6, 6.07) is 9.79. The Bertz CT molecular complexity index is 1780. The van der Waals surface area contributed by atoms with E-state index in [9.17, 15) is 26.7 Å². The van der Waals surface area contributed by atoms with E-state index in [-0.39, 0.29) is 58.6 Å². The number of aliphatic hydroxyl groups excluding tert-OH is 1. The molecule has 4 rings (SSSR count). The van der Waals surface area contributed by atoms with Gasteiger partial charge in [0, 0.05) is 51.6 Å². The smallest absolute Gasteiger partial charge is 0.261 e. The number of anilines is 1. The molecule has 16 heteroatoms. The number of sulfonamides is 2. The number of methoxy groups -OCH3 is 1. The van der Waals surface area contributed by atoms with Crippen LogP contribution < -0.4 is 14.2 Å². The van der Waals surface area contributed by atoms with Crippen LogP contribution in [-0.2, 0) is 31.8 Å². The summed E-state index contributed by atoms with van der Waals surface area (Å²) in [6.45, 7) is 5.56. The maximum absolute atomic E-state index is 14.4. The Morgan fingerprint density at radius 2 is 1.84 bits per heavy atom. The summed E-state index contributed by atoms with van der Waals surface area (Å²) in [5, 5.41) is 10.1. The lowest BCUT2D eigenvalue weighted by molar-refractivity contribution is -0.00835. The molecule has 1 aliphatic heterocycles. The van der Waals surface area contributed by atoms with Gasteiger partial charge in [-0.05, 0) is 75.6 Å². The average Bonchev–Trinajstić information content (AvgIpc) is 3.52. The first-order chi connectivity index (χ1) is 23.2. The van der Waals surface area contributed by atoms with Gasteiger partial charge in [-0.25, -0.2) is 21.8 Å². The van der Waals surface area contributed by atoms with Crippen LogP contribution in [0.3, 0.4) is 0 Å². The van der Waals surface area contributed by atoms with Crippen molar-refractivity contribution in [1.29, 1.82) is 0 Å². The fraction of sp³-hybridized carbons (Fsp3) is 0.515. The van der Waals surface area contributed by atoms with Crippen LogP contribution in [0.5, 0.6) is 11.5 Å². The molecule has 4 atom stereocenters. The zero-order chi connectivity index (χ0) is 35.9. The van der Waals surface area contributed by atoms with Crippen molar-refractivity contribution in [2.45, 2.75) is 68.2 Å². The third-order valence-electron chi connectivity index (χ3n) is 8.47. The Labute approximate surface area is 289 Å². The van der Waals surface area contributed by atoms with Crippen LogP contribution in [0.1, 0.15) is 50.4 Å². The number of aryl methyl sites for hydroxylation is 1. The number of aromatic nitrogens is 2. The van der Waals surface area contributed by atoms with E-state index in [1.54, 1.807) is 24.6 Å². The molecule has 0 unspecified atom stereocenters. The molecule has 49 heavy (non-hydrogen) atoms. The molecule has 1 aromatic heterocycles. The monoisotopic (exact) mass is 721 g/mol. The van der Waals surface area contributed by atoms with Crippen molar-refractivity contribution >= 4 is 31.6 Å². The third-order valence-corrected chi connectivity index (χ3v) is 11.6. The number of hydrogen-bond donors (Lipinski definition) is 2. The summed E-state index contributed by atoms with van der Waals surface area (Å²) in [4.78, 5) is 19.9. The summed E-state index contributed by atoms with van der Waals surface area (Å²) in [5.41, 5.74) is 0.256. The molecule has 0 saturated heterocycles. The minimum absolute atomic E-state index is 0.00298. The number of ether oxygens (including phenoxy) is 3. The minimum Gasteiger partial charge on any atom is -0.497 e. The molecular weight excluding hydrogens is 675 g/mol. The molecule has 1 amide bonds. The Balaban J connectivity index is 1.67. The number of rotatable bonds is 10. The standard InChI is InChI=1S/C33H47N5O9S2/c1-23-18-38(24(2)21-39)33(40)29-17-26(35-48(41,42)28-13-11-27(45-6)12-14-28)10-15-30(29)47-25(3)9-7-8-16-46-31(23)19-37(5)49(43,44)32-20-36(4)22-34-32/h10-15,17,20,22-25,31,35,39H,7-9,16,18-19,21H2,1-6H3/t23-,24+,25-,31-/m1/s1. The molecular formula is C33H47N5O9S2. The summed E-state index contributed by atoms with van der Waals surface area (Å²) >= 11 is 0. The first-order valence-corrected chi connectivity index (χ1v) is 19.0. The van der Waals surface area contributed by atoms with Gasteiger partial charge in [-0.15, -0.1) is 0 Å². The fourth-order valence-electron chi connectivity index (χ4n) is 5.45. The van der Waals surface area contributed by atoms with Crippen LogP contribution >= 0.6 is 0 Å². The number of benzene rings is 2. The third kappa shape index (κ3) is 9.51. The molecule has 3 aromatic rings. The number of fused-ring (bicyclic) bond motifs is 1. The van der Waals surface area contributed by atoms with Crippen molar-refractivity contribution in [1.82, 2.24) is 18.8 Å². The minimum atomic E-state index is -4.02. The van der Waals surface area contributed by atoms with Crippen LogP contribution in [0.15, 0.2) is 64.9 Å². The summed E-state index contributed by atoms with van der Waals surface area (Å²) in [5.74, 6) is -0.101. The number of carbonyl (C=O) groups excluding carboxylic acids is 1. The van der Waals surface area contributed by atoms with Gasteiger partial charge in [0.1, 0.15) is 11.5 Å². The lowest BCUT2D eigenvalue weighted by Crippen LogP contribution is -2.48. The Kier molecular flexibility index (Phi) is 12.7. The number of hydrogen-bond acceptors (Lipinski definition) is 10. The highest BCUT2D eigenvalue weighted by molar-refractivity contribution is 7.92. The number of likely N-dealkylation sites (N-methyl/N-ethyl adjacent to an activating group) is 1. The fourth-order valence-corrected chi connectivity index (χ4v) is 7.64. The zero-order valence-corrected chi connectivity index (χ0v) is 30.4. The lowest BCUT2D eigenvalue weighted by Gasteiger charge is -2.35. The topological polar surface area (TPSA) is 170 Å². The van der Waals surface area contributed by atoms with Gasteiger partial charge in [0.2, 0.25) is 0 Å². The maximum Gasteiger partial charge on any atom is 0.261 e. The second-order valence-electron chi connectivity index (χ2n) is 12.5. The molecule has 270 valence electrons. The van der Waals surface area contributed by atoms with Gasteiger partial charge in [-0.3, -0.25) is 9.52 Å². The van der Waals surface area contributed by atoms with E-state index in [0.717, 1.165) is 6.42 Å². The lowest BCUT2D eigenvalue weighted by atomic mass is 10.0. The van der Waals surface area contributed by atoms with Gasteiger partial charge in [-0.1, -0.05) is 6.92 Å². The largest absolute Gasteiger partial charge is 0.497 e. The van der Waals surface area contributed by atoms with Crippen LogP contribution in [0.2, 0.25) is 0 Å². The van der Waals surface area contributed by atoms with Gasteiger partial charge in [0.05, 0.1) is 48.8 Å². The SMILES string of the molecule is COc1ccc(S(=O)(=O)Nc2ccc3c(c2)C(=O)N([C@@H](C)CO)C[C@@H](C)[C@@H](CN(C)S(=O)(=O)c2cn(C)cn2)OCCCC[C@@H](C)O3)cc1. The summed E-state index contributed by atoms with van der Waals surface area (Å²) in [6.07, 6.45) is 4.04. The summed E-state index contributed by atoms with van der Waals surface area (Å²) < 4.78 is 76.1. The second kappa shape index (κ2) is 16.3. The molecule has 1 aliphatic rings. The summed E-state index contributed by atoms with van der Waals surface area (Å²) in [7, 11) is -3.30. The highest BCUT2D eigenvalue weighted by Crippen LogP contribution is 2.30. The van der Waals surface area contributed by atoms with Gasteiger partial charge in [0.15, 0.2) is 5.03 Å². The van der Waals surface area contributed by atoms with Crippen molar-refractivity contribution in [2.24, 2.45) is 13.0 Å². The first kappa shape index (κ1) is 38.1. The van der Waals surface area contributed by atoms with Gasteiger partial charge in [0.25, 0.3) is 26.0 Å². The van der Waals surface area contributed by atoms with Crippen molar-refractivity contribution in [3.8, 4) is 11.5 Å². The molecule has 2 N–H and O–H groups in total.